The fraction of sp³-hybridized carbons (Fsp3) is 0.250. The summed E-state index contributed by atoms with van der Waals surface area (Å²) in [6, 6.07) is 12.3. The minimum absolute atomic E-state index is 0.101. The van der Waals surface area contributed by atoms with Gasteiger partial charge in [-0.25, -0.2) is 19.2 Å². The first-order chi connectivity index (χ1) is 15.9. The Morgan fingerprint density at radius 2 is 2.03 bits per heavy atom. The molecule has 3 heterocycles. The third-order valence-electron chi connectivity index (χ3n) is 5.84. The van der Waals surface area contributed by atoms with Gasteiger partial charge in [0, 0.05) is 24.0 Å². The largest absolute Gasteiger partial charge is 0.480 e. The fourth-order valence-electron chi connectivity index (χ4n) is 4.46. The average Bonchev–Trinajstić information content (AvgIpc) is 3.35. The maximum absolute atomic E-state index is 13.4. The van der Waals surface area contributed by atoms with Gasteiger partial charge in [-0.15, -0.1) is 0 Å². The number of rotatable bonds is 5. The number of anilines is 2. The smallest absolute Gasteiger partial charge is 0.326 e. The summed E-state index contributed by atoms with van der Waals surface area (Å²) < 4.78 is 19.4. The van der Waals surface area contributed by atoms with E-state index in [4.69, 9.17) is 4.42 Å². The minimum atomic E-state index is -0.997. The van der Waals surface area contributed by atoms with Gasteiger partial charge >= 0.3 is 5.97 Å². The van der Waals surface area contributed by atoms with Crippen molar-refractivity contribution in [2.45, 2.75) is 25.8 Å². The van der Waals surface area contributed by atoms with E-state index in [1.165, 1.54) is 18.2 Å². The van der Waals surface area contributed by atoms with Gasteiger partial charge in [0.1, 0.15) is 28.8 Å². The van der Waals surface area contributed by atoms with Gasteiger partial charge in [-0.1, -0.05) is 18.2 Å². The third-order valence-corrected chi connectivity index (χ3v) is 5.84. The molecule has 1 amide bonds. The number of fused-ring (bicyclic) bond motifs is 3. The van der Waals surface area contributed by atoms with Crippen LogP contribution in [0, 0.1) is 18.7 Å². The molecule has 1 fully saturated rings. The molecule has 0 spiro atoms. The molecule has 1 aliphatic rings. The van der Waals surface area contributed by atoms with Crippen LogP contribution in [0.1, 0.15) is 18.7 Å². The number of aliphatic carboxylic acids is 1. The zero-order valence-electron chi connectivity index (χ0n) is 17.8. The Kier molecular flexibility index (Phi) is 5.16. The molecule has 2 atom stereocenters. The molecule has 1 aliphatic heterocycles. The van der Waals surface area contributed by atoms with Crippen LogP contribution in [0.15, 0.2) is 52.9 Å². The maximum Gasteiger partial charge on any atom is 0.326 e. The van der Waals surface area contributed by atoms with Gasteiger partial charge in [-0.3, -0.25) is 4.79 Å². The molecule has 0 aliphatic carbocycles. The number of halogens is 1. The van der Waals surface area contributed by atoms with Crippen LogP contribution in [0.25, 0.3) is 22.1 Å². The van der Waals surface area contributed by atoms with E-state index in [-0.39, 0.29) is 24.7 Å². The fourth-order valence-corrected chi connectivity index (χ4v) is 4.46. The van der Waals surface area contributed by atoms with Crippen LogP contribution in [0.2, 0.25) is 0 Å². The van der Waals surface area contributed by atoms with E-state index in [1.807, 2.05) is 24.3 Å². The summed E-state index contributed by atoms with van der Waals surface area (Å²) in [7, 11) is 0. The van der Waals surface area contributed by atoms with Crippen molar-refractivity contribution in [3.05, 3.63) is 60.2 Å². The second kappa shape index (κ2) is 8.16. The molecule has 0 saturated carbocycles. The zero-order chi connectivity index (χ0) is 23.1. The molecule has 5 rings (SSSR count). The summed E-state index contributed by atoms with van der Waals surface area (Å²) in [4.78, 5) is 35.3. The summed E-state index contributed by atoms with van der Waals surface area (Å²) in [5, 5.41) is 13.4. The van der Waals surface area contributed by atoms with Gasteiger partial charge in [0.15, 0.2) is 11.4 Å². The molecular weight excluding hydrogens is 427 g/mol. The lowest BCUT2D eigenvalue weighted by Crippen LogP contribution is -2.36. The second-order valence-corrected chi connectivity index (χ2v) is 8.24. The Hall–Kier alpha value is -4.01. The molecule has 0 radical (unpaired) electrons. The molecule has 2 N–H and O–H groups in total. The van der Waals surface area contributed by atoms with Crippen LogP contribution < -0.4 is 10.2 Å². The van der Waals surface area contributed by atoms with Crippen molar-refractivity contribution in [2.75, 3.05) is 16.8 Å². The number of amides is 1. The maximum atomic E-state index is 13.4. The second-order valence-electron chi connectivity index (χ2n) is 8.24. The molecule has 168 valence electrons. The SMILES string of the molecule is Cc1nc(N2C[C@@H](CC(=O)Nc3cccc(F)c3)C[C@H]2C(=O)O)c2oc3ccccc3c2n1. The first kappa shape index (κ1) is 20.9. The Morgan fingerprint density at radius 1 is 1.21 bits per heavy atom. The molecule has 4 aromatic rings. The number of carboxylic acids is 1. The molecule has 2 aromatic carbocycles. The van der Waals surface area contributed by atoms with Crippen molar-refractivity contribution in [1.82, 2.24) is 9.97 Å². The number of aryl methyl sites for hydroxylation is 1. The standard InChI is InChI=1S/C24H21FN4O4/c1-13-26-21-17-7-2-3-8-19(17)33-22(21)23(27-13)29-12-14(9-18(29)24(31)32)10-20(30)28-16-6-4-5-15(25)11-16/h2-8,11,14,18H,9-10,12H2,1H3,(H,28,30)(H,31,32)/t14-,18+/m1/s1. The lowest BCUT2D eigenvalue weighted by atomic mass is 10.0. The van der Waals surface area contributed by atoms with Crippen molar-refractivity contribution in [3.63, 3.8) is 0 Å². The van der Waals surface area contributed by atoms with Gasteiger partial charge in [0.2, 0.25) is 5.91 Å². The van der Waals surface area contributed by atoms with E-state index in [9.17, 15) is 19.1 Å². The number of carboxylic acid groups (broad SMARTS) is 1. The van der Waals surface area contributed by atoms with Gasteiger partial charge in [0.05, 0.1) is 0 Å². The topological polar surface area (TPSA) is 109 Å². The lowest BCUT2D eigenvalue weighted by molar-refractivity contribution is -0.138. The van der Waals surface area contributed by atoms with Crippen LogP contribution >= 0.6 is 0 Å². The summed E-state index contributed by atoms with van der Waals surface area (Å²) in [6.07, 6.45) is 0.376. The van der Waals surface area contributed by atoms with E-state index < -0.39 is 17.8 Å². The van der Waals surface area contributed by atoms with Gasteiger partial charge in [-0.2, -0.15) is 0 Å². The van der Waals surface area contributed by atoms with Gasteiger partial charge in [0.25, 0.3) is 0 Å². The number of nitrogens with one attached hydrogen (secondary N) is 1. The van der Waals surface area contributed by atoms with E-state index in [2.05, 4.69) is 15.3 Å². The molecule has 9 heteroatoms. The van der Waals surface area contributed by atoms with Crippen LogP contribution in [0.3, 0.4) is 0 Å². The van der Waals surface area contributed by atoms with E-state index in [0.717, 1.165) is 5.39 Å². The predicted octanol–water partition coefficient (Wildman–Crippen LogP) is 4.13. The molecule has 1 saturated heterocycles. The molecule has 0 bridgehead atoms. The molecular formula is C24H21FN4O4. The van der Waals surface area contributed by atoms with E-state index in [1.54, 1.807) is 17.9 Å². The summed E-state index contributed by atoms with van der Waals surface area (Å²) in [6.45, 7) is 2.07. The number of hydrogen-bond acceptors (Lipinski definition) is 6. The van der Waals surface area contributed by atoms with E-state index >= 15 is 0 Å². The van der Waals surface area contributed by atoms with Crippen molar-refractivity contribution < 1.29 is 23.5 Å². The highest BCUT2D eigenvalue weighted by atomic mass is 19.1. The number of furan rings is 1. The first-order valence-electron chi connectivity index (χ1n) is 10.6. The number of benzene rings is 2. The van der Waals surface area contributed by atoms with Crippen molar-refractivity contribution in [1.29, 1.82) is 0 Å². The highest BCUT2D eigenvalue weighted by molar-refractivity contribution is 6.06. The van der Waals surface area contributed by atoms with Crippen molar-refractivity contribution >= 4 is 45.5 Å². The van der Waals surface area contributed by atoms with Gasteiger partial charge in [-0.05, 0) is 49.6 Å². The van der Waals surface area contributed by atoms with Crippen LogP contribution in [-0.2, 0) is 9.59 Å². The van der Waals surface area contributed by atoms with Gasteiger partial charge < -0.3 is 19.7 Å². The van der Waals surface area contributed by atoms with Crippen molar-refractivity contribution in [2.24, 2.45) is 5.92 Å². The number of hydrogen-bond donors (Lipinski definition) is 2. The number of para-hydroxylation sites is 1. The molecule has 8 nitrogen and oxygen atoms in total. The number of carbonyl (C=O) groups excluding carboxylic acids is 1. The summed E-state index contributed by atoms with van der Waals surface area (Å²) in [5.41, 5.74) is 2.06. The Bertz CT molecular complexity index is 1390. The van der Waals surface area contributed by atoms with E-state index in [0.29, 0.717) is 40.6 Å². The Balaban J connectivity index is 1.44. The minimum Gasteiger partial charge on any atom is -0.480 e. The number of aromatic nitrogens is 2. The Morgan fingerprint density at radius 3 is 2.82 bits per heavy atom. The number of nitrogens with zero attached hydrogens (tertiary/aromatic N) is 3. The lowest BCUT2D eigenvalue weighted by Gasteiger charge is -2.22. The molecule has 0 unspecified atom stereocenters. The normalized spacial score (nSPS) is 18.2. The predicted molar refractivity (Wildman–Crippen MR) is 121 cm³/mol. The molecule has 2 aromatic heterocycles. The van der Waals surface area contributed by atoms with Crippen LogP contribution in [-0.4, -0.2) is 39.5 Å². The monoisotopic (exact) mass is 448 g/mol. The first-order valence-corrected chi connectivity index (χ1v) is 10.6. The summed E-state index contributed by atoms with van der Waals surface area (Å²) in [5.74, 6) is -1.06. The molecule has 33 heavy (non-hydrogen) atoms. The highest BCUT2D eigenvalue weighted by Crippen LogP contribution is 2.37. The Labute approximate surface area is 188 Å². The highest BCUT2D eigenvalue weighted by Gasteiger charge is 2.40. The average molecular weight is 448 g/mol. The number of carbonyl (C=O) groups is 2. The van der Waals surface area contributed by atoms with Crippen LogP contribution in [0.5, 0.6) is 0 Å². The quantitative estimate of drug-likeness (QED) is 0.472. The zero-order valence-corrected chi connectivity index (χ0v) is 17.8. The van der Waals surface area contributed by atoms with Crippen molar-refractivity contribution in [3.8, 4) is 0 Å². The summed E-state index contributed by atoms with van der Waals surface area (Å²) >= 11 is 0. The van der Waals surface area contributed by atoms with Crippen LogP contribution in [0.4, 0.5) is 15.9 Å². The third kappa shape index (κ3) is 3.97.